The molecule has 72 valence electrons. The summed E-state index contributed by atoms with van der Waals surface area (Å²) in [5.74, 6) is 0. The van der Waals surface area contributed by atoms with Crippen molar-refractivity contribution in [2.24, 2.45) is 0 Å². The maximum Gasteiger partial charge on any atom is 0.271 e. The maximum absolute atomic E-state index is 10.5. The summed E-state index contributed by atoms with van der Waals surface area (Å²) >= 11 is 3.17. The van der Waals surface area contributed by atoms with Gasteiger partial charge in [0.15, 0.2) is 5.06 Å². The predicted octanol–water partition coefficient (Wildman–Crippen LogP) is 3.12. The minimum Gasteiger partial charge on any atom is -0.499 e. The van der Waals surface area contributed by atoms with Gasteiger partial charge in [0.05, 0.1) is 4.92 Å². The Morgan fingerprint density at radius 2 is 2.14 bits per heavy atom. The van der Waals surface area contributed by atoms with Crippen molar-refractivity contribution in [3.8, 4) is 5.06 Å². The molecule has 0 aliphatic heterocycles. The zero-order valence-corrected chi connectivity index (χ0v) is 9.70. The molecular formula is C8H4INO3S. The number of benzene rings is 1. The van der Waals surface area contributed by atoms with Gasteiger partial charge < -0.3 is 5.11 Å². The van der Waals surface area contributed by atoms with Gasteiger partial charge in [-0.15, -0.1) is 0 Å². The normalized spacial score (nSPS) is 10.6. The lowest BCUT2D eigenvalue weighted by atomic mass is 10.2. The van der Waals surface area contributed by atoms with Gasteiger partial charge in [0.2, 0.25) is 0 Å². The zero-order chi connectivity index (χ0) is 10.3. The summed E-state index contributed by atoms with van der Waals surface area (Å²) in [6.45, 7) is 0. The van der Waals surface area contributed by atoms with E-state index >= 15 is 0 Å². The highest BCUT2D eigenvalue weighted by Gasteiger charge is 2.12. The number of hydrogen-bond acceptors (Lipinski definition) is 4. The lowest BCUT2D eigenvalue weighted by Gasteiger charge is -1.94. The molecule has 0 aliphatic rings. The molecule has 1 aromatic heterocycles. The molecule has 1 aromatic carbocycles. The average molecular weight is 321 g/mol. The molecular weight excluding hydrogens is 317 g/mol. The van der Waals surface area contributed by atoms with E-state index < -0.39 is 4.92 Å². The van der Waals surface area contributed by atoms with E-state index in [-0.39, 0.29) is 10.8 Å². The number of nitro groups is 1. The van der Waals surface area contributed by atoms with Crippen molar-refractivity contribution in [2.45, 2.75) is 0 Å². The SMILES string of the molecule is O=[N+]([O-])c1cc(I)c2cc(O)sc2c1. The summed E-state index contributed by atoms with van der Waals surface area (Å²) in [5, 5.41) is 20.8. The number of non-ortho nitro benzene ring substituents is 1. The van der Waals surface area contributed by atoms with E-state index in [9.17, 15) is 15.2 Å². The fourth-order valence-electron chi connectivity index (χ4n) is 1.17. The van der Waals surface area contributed by atoms with Gasteiger partial charge in [0.1, 0.15) is 0 Å². The van der Waals surface area contributed by atoms with Crippen LogP contribution >= 0.6 is 33.9 Å². The molecule has 1 N–H and O–H groups in total. The van der Waals surface area contributed by atoms with Crippen LogP contribution in [0.1, 0.15) is 0 Å². The summed E-state index contributed by atoms with van der Waals surface area (Å²) in [4.78, 5) is 10.1. The molecule has 0 amide bonds. The van der Waals surface area contributed by atoms with Crippen molar-refractivity contribution >= 4 is 49.7 Å². The lowest BCUT2D eigenvalue weighted by molar-refractivity contribution is -0.384. The molecule has 0 saturated carbocycles. The number of aromatic hydroxyl groups is 1. The first-order valence-electron chi connectivity index (χ1n) is 3.64. The fraction of sp³-hybridized carbons (Fsp3) is 0. The second-order valence-corrected chi connectivity index (χ2v) is 4.91. The Labute approximate surface area is 96.5 Å². The van der Waals surface area contributed by atoms with Gasteiger partial charge >= 0.3 is 0 Å². The quantitative estimate of drug-likeness (QED) is 0.499. The molecule has 0 unspecified atom stereocenters. The molecule has 14 heavy (non-hydrogen) atoms. The predicted molar refractivity (Wildman–Crippen MR) is 62.9 cm³/mol. The molecule has 2 rings (SSSR count). The van der Waals surface area contributed by atoms with Crippen LogP contribution in [0.3, 0.4) is 0 Å². The van der Waals surface area contributed by atoms with Crippen molar-refractivity contribution in [1.29, 1.82) is 0 Å². The second-order valence-electron chi connectivity index (χ2n) is 2.68. The van der Waals surface area contributed by atoms with Gasteiger partial charge in [-0.05, 0) is 22.6 Å². The molecule has 1 heterocycles. The highest BCUT2D eigenvalue weighted by Crippen LogP contribution is 2.36. The minimum absolute atomic E-state index is 0.0590. The number of thiophene rings is 1. The third-order valence-corrected chi connectivity index (χ3v) is 3.55. The fourth-order valence-corrected chi connectivity index (χ4v) is 2.98. The monoisotopic (exact) mass is 321 g/mol. The molecule has 2 aromatic rings. The molecule has 0 bridgehead atoms. The van der Waals surface area contributed by atoms with Crippen LogP contribution in [0, 0.1) is 13.7 Å². The Kier molecular flexibility index (Phi) is 2.31. The standard InChI is InChI=1S/C8H4INO3S/c9-6-1-4(10(12)13)2-7-5(6)3-8(11)14-7/h1-3,11H. The van der Waals surface area contributed by atoms with E-state index in [1.54, 1.807) is 6.07 Å². The van der Waals surface area contributed by atoms with Gasteiger partial charge in [-0.2, -0.15) is 0 Å². The van der Waals surface area contributed by atoms with E-state index in [1.165, 1.54) is 12.1 Å². The lowest BCUT2D eigenvalue weighted by Crippen LogP contribution is -1.87. The zero-order valence-electron chi connectivity index (χ0n) is 6.73. The molecule has 0 saturated heterocycles. The highest BCUT2D eigenvalue weighted by atomic mass is 127. The number of nitro benzene ring substituents is 1. The van der Waals surface area contributed by atoms with Crippen molar-refractivity contribution < 1.29 is 10.0 Å². The largest absolute Gasteiger partial charge is 0.499 e. The topological polar surface area (TPSA) is 63.4 Å². The average Bonchev–Trinajstić information content (AvgIpc) is 2.45. The van der Waals surface area contributed by atoms with Crippen molar-refractivity contribution in [2.75, 3.05) is 0 Å². The summed E-state index contributed by atoms with van der Waals surface area (Å²) in [6.07, 6.45) is 0. The Bertz CT molecular complexity index is 523. The Morgan fingerprint density at radius 3 is 2.79 bits per heavy atom. The summed E-state index contributed by atoms with van der Waals surface area (Å²) < 4.78 is 1.52. The summed E-state index contributed by atoms with van der Waals surface area (Å²) in [7, 11) is 0. The first-order valence-corrected chi connectivity index (χ1v) is 5.54. The summed E-state index contributed by atoms with van der Waals surface area (Å²) in [6, 6.07) is 4.59. The first kappa shape index (κ1) is 9.66. The van der Waals surface area contributed by atoms with Crippen LogP contribution in [0.4, 0.5) is 5.69 Å². The van der Waals surface area contributed by atoms with E-state index in [2.05, 4.69) is 0 Å². The van der Waals surface area contributed by atoms with Crippen molar-refractivity contribution in [3.05, 3.63) is 31.9 Å². The van der Waals surface area contributed by atoms with Crippen molar-refractivity contribution in [3.63, 3.8) is 0 Å². The molecule has 0 spiro atoms. The van der Waals surface area contributed by atoms with Crippen LogP contribution in [0.2, 0.25) is 0 Å². The third kappa shape index (κ3) is 1.55. The van der Waals surface area contributed by atoms with Gasteiger partial charge in [0, 0.05) is 31.9 Å². The number of nitrogens with zero attached hydrogens (tertiary/aromatic N) is 1. The minimum atomic E-state index is -0.432. The van der Waals surface area contributed by atoms with Gasteiger partial charge in [-0.3, -0.25) is 10.1 Å². The Hall–Kier alpha value is -0.890. The molecule has 6 heteroatoms. The Morgan fingerprint density at radius 1 is 1.43 bits per heavy atom. The molecule has 0 aliphatic carbocycles. The number of hydrogen-bond donors (Lipinski definition) is 1. The second kappa shape index (κ2) is 3.35. The van der Waals surface area contributed by atoms with E-state index in [1.807, 2.05) is 22.6 Å². The Balaban J connectivity index is 2.77. The molecule has 4 nitrogen and oxygen atoms in total. The van der Waals surface area contributed by atoms with E-state index in [0.717, 1.165) is 25.0 Å². The van der Waals surface area contributed by atoms with Gasteiger partial charge in [0.25, 0.3) is 5.69 Å². The van der Waals surface area contributed by atoms with Gasteiger partial charge in [-0.25, -0.2) is 0 Å². The van der Waals surface area contributed by atoms with Crippen LogP contribution in [-0.2, 0) is 0 Å². The number of rotatable bonds is 1. The third-order valence-electron chi connectivity index (χ3n) is 1.77. The number of halogens is 1. The highest BCUT2D eigenvalue weighted by molar-refractivity contribution is 14.1. The maximum atomic E-state index is 10.5. The molecule has 0 atom stereocenters. The van der Waals surface area contributed by atoms with Crippen LogP contribution in [-0.4, -0.2) is 10.0 Å². The van der Waals surface area contributed by atoms with E-state index in [4.69, 9.17) is 0 Å². The van der Waals surface area contributed by atoms with Crippen LogP contribution < -0.4 is 0 Å². The summed E-state index contributed by atoms with van der Waals surface area (Å²) in [5.41, 5.74) is 0.0590. The smallest absolute Gasteiger partial charge is 0.271 e. The van der Waals surface area contributed by atoms with Gasteiger partial charge in [-0.1, -0.05) is 11.3 Å². The van der Waals surface area contributed by atoms with Crippen molar-refractivity contribution in [1.82, 2.24) is 0 Å². The van der Waals surface area contributed by atoms with E-state index in [0.29, 0.717) is 0 Å². The molecule has 0 radical (unpaired) electrons. The van der Waals surface area contributed by atoms with Crippen LogP contribution in [0.25, 0.3) is 10.1 Å². The van der Waals surface area contributed by atoms with Crippen LogP contribution in [0.5, 0.6) is 5.06 Å². The van der Waals surface area contributed by atoms with Crippen LogP contribution in [0.15, 0.2) is 18.2 Å². The molecule has 0 fully saturated rings. The number of fused-ring (bicyclic) bond motifs is 1. The first-order chi connectivity index (χ1) is 6.58.